The van der Waals surface area contributed by atoms with Crippen LogP contribution in [0, 0.1) is 11.2 Å². The monoisotopic (exact) mass is 399 g/mol. The highest BCUT2D eigenvalue weighted by Crippen LogP contribution is 2.37. The van der Waals surface area contributed by atoms with Crippen LogP contribution in [0.2, 0.25) is 0 Å². The quantitative estimate of drug-likeness (QED) is 0.731. The smallest absolute Gasteiger partial charge is 0.226 e. The zero-order valence-electron chi connectivity index (χ0n) is 17.5. The molecule has 5 heteroatoms. The van der Waals surface area contributed by atoms with Crippen LogP contribution in [0.3, 0.4) is 0 Å². The maximum Gasteiger partial charge on any atom is 0.226 e. The number of ether oxygens (including phenoxy) is 2. The number of hydrogen-bond donors (Lipinski definition) is 1. The molecule has 0 spiro atoms. The van der Waals surface area contributed by atoms with Gasteiger partial charge in [-0.2, -0.15) is 0 Å². The van der Waals surface area contributed by atoms with E-state index in [1.807, 2.05) is 31.2 Å². The second-order valence-electron chi connectivity index (χ2n) is 7.90. The van der Waals surface area contributed by atoms with Crippen molar-refractivity contribution in [3.05, 3.63) is 53.8 Å². The van der Waals surface area contributed by atoms with E-state index in [0.717, 1.165) is 17.5 Å². The van der Waals surface area contributed by atoms with Gasteiger partial charge in [0.2, 0.25) is 5.91 Å². The van der Waals surface area contributed by atoms with E-state index in [2.05, 4.69) is 12.2 Å². The van der Waals surface area contributed by atoms with Gasteiger partial charge >= 0.3 is 0 Å². The molecule has 1 fully saturated rings. The molecule has 1 aliphatic rings. The first-order valence-corrected chi connectivity index (χ1v) is 10.3. The number of hydrogen-bond acceptors (Lipinski definition) is 3. The predicted octanol–water partition coefficient (Wildman–Crippen LogP) is 4.76. The maximum absolute atomic E-state index is 13.8. The highest BCUT2D eigenvalue weighted by Gasteiger charge is 2.40. The van der Waals surface area contributed by atoms with E-state index in [9.17, 15) is 9.18 Å². The fourth-order valence-corrected chi connectivity index (χ4v) is 3.87. The zero-order chi connectivity index (χ0) is 20.9. The van der Waals surface area contributed by atoms with E-state index in [0.29, 0.717) is 43.8 Å². The number of rotatable bonds is 7. The minimum absolute atomic E-state index is 0.101. The minimum atomic E-state index is -0.480. The van der Waals surface area contributed by atoms with Crippen LogP contribution >= 0.6 is 0 Å². The lowest BCUT2D eigenvalue weighted by Crippen LogP contribution is -2.48. The Hall–Kier alpha value is -2.40. The van der Waals surface area contributed by atoms with Crippen LogP contribution in [-0.2, 0) is 16.0 Å². The molecule has 2 aromatic rings. The van der Waals surface area contributed by atoms with Crippen LogP contribution in [-0.4, -0.2) is 32.3 Å². The molecule has 2 aromatic carbocycles. The lowest BCUT2D eigenvalue weighted by molar-refractivity contribution is -0.137. The summed E-state index contributed by atoms with van der Waals surface area (Å²) in [6, 6.07) is 12.6. The van der Waals surface area contributed by atoms with Crippen molar-refractivity contribution in [2.45, 2.75) is 45.6 Å². The van der Waals surface area contributed by atoms with Crippen molar-refractivity contribution < 1.29 is 18.7 Å². The summed E-state index contributed by atoms with van der Waals surface area (Å²) in [7, 11) is 1.58. The van der Waals surface area contributed by atoms with Crippen LogP contribution in [0.5, 0.6) is 5.75 Å². The molecule has 1 aliphatic heterocycles. The molecule has 0 aliphatic carbocycles. The third-order valence-electron chi connectivity index (χ3n) is 5.86. The molecule has 29 heavy (non-hydrogen) atoms. The Bertz CT molecular complexity index is 846. The lowest BCUT2D eigenvalue weighted by atomic mass is 9.74. The van der Waals surface area contributed by atoms with Gasteiger partial charge < -0.3 is 14.8 Å². The fraction of sp³-hybridized carbons (Fsp3) is 0.458. The number of carbonyl (C=O) groups is 1. The third kappa shape index (κ3) is 4.96. The van der Waals surface area contributed by atoms with Crippen LogP contribution in [0.25, 0.3) is 11.1 Å². The van der Waals surface area contributed by atoms with E-state index >= 15 is 0 Å². The summed E-state index contributed by atoms with van der Waals surface area (Å²) in [6.07, 6.45) is 2.92. The normalized spacial score (nSPS) is 16.8. The highest BCUT2D eigenvalue weighted by molar-refractivity contribution is 5.83. The number of nitrogens with one attached hydrogen (secondary N) is 1. The molecule has 1 heterocycles. The van der Waals surface area contributed by atoms with Gasteiger partial charge in [0.15, 0.2) is 0 Å². The Morgan fingerprint density at radius 2 is 2.00 bits per heavy atom. The van der Waals surface area contributed by atoms with Crippen LogP contribution in [0.4, 0.5) is 4.39 Å². The number of carbonyl (C=O) groups excluding carboxylic acids is 1. The molecule has 0 saturated carbocycles. The van der Waals surface area contributed by atoms with Gasteiger partial charge in [0.25, 0.3) is 0 Å². The van der Waals surface area contributed by atoms with Crippen molar-refractivity contribution in [1.29, 1.82) is 0 Å². The molecule has 156 valence electrons. The Labute approximate surface area is 172 Å². The van der Waals surface area contributed by atoms with Gasteiger partial charge in [-0.1, -0.05) is 31.2 Å². The SMILES string of the molecule is CC[C@@H](C)NC(=O)C1(Cc2cccc(-c3cc(F)ccc3OC)c2)CCOCC1. The molecule has 0 unspecified atom stereocenters. The molecule has 0 bridgehead atoms. The zero-order valence-corrected chi connectivity index (χ0v) is 17.5. The summed E-state index contributed by atoms with van der Waals surface area (Å²) in [5.41, 5.74) is 2.16. The van der Waals surface area contributed by atoms with Crippen molar-refractivity contribution >= 4 is 5.91 Å². The average Bonchev–Trinajstić information content (AvgIpc) is 2.74. The van der Waals surface area contributed by atoms with E-state index in [1.165, 1.54) is 12.1 Å². The van der Waals surface area contributed by atoms with E-state index < -0.39 is 5.41 Å². The molecule has 0 aromatic heterocycles. The molecule has 0 radical (unpaired) electrons. The number of methoxy groups -OCH3 is 1. The molecule has 1 atom stereocenters. The molecule has 1 amide bonds. The molecular weight excluding hydrogens is 369 g/mol. The average molecular weight is 400 g/mol. The van der Waals surface area contributed by atoms with Gasteiger partial charge in [0.05, 0.1) is 12.5 Å². The molecular formula is C24H30FNO3. The van der Waals surface area contributed by atoms with Crippen molar-refractivity contribution in [3.8, 4) is 16.9 Å². The largest absolute Gasteiger partial charge is 0.496 e. The first-order valence-electron chi connectivity index (χ1n) is 10.3. The van der Waals surface area contributed by atoms with Crippen LogP contribution < -0.4 is 10.1 Å². The van der Waals surface area contributed by atoms with Crippen molar-refractivity contribution in [3.63, 3.8) is 0 Å². The highest BCUT2D eigenvalue weighted by atomic mass is 19.1. The van der Waals surface area contributed by atoms with Gasteiger partial charge in [0.1, 0.15) is 11.6 Å². The van der Waals surface area contributed by atoms with E-state index in [1.54, 1.807) is 13.2 Å². The van der Waals surface area contributed by atoms with Crippen molar-refractivity contribution in [2.75, 3.05) is 20.3 Å². The van der Waals surface area contributed by atoms with Gasteiger partial charge in [-0.3, -0.25) is 4.79 Å². The lowest BCUT2D eigenvalue weighted by Gasteiger charge is -2.37. The van der Waals surface area contributed by atoms with Gasteiger partial charge in [0, 0.05) is 24.8 Å². The molecule has 1 saturated heterocycles. The maximum atomic E-state index is 13.8. The topological polar surface area (TPSA) is 47.6 Å². The van der Waals surface area contributed by atoms with Gasteiger partial charge in [-0.05, 0) is 61.9 Å². The number of halogens is 1. The Morgan fingerprint density at radius 1 is 1.24 bits per heavy atom. The van der Waals surface area contributed by atoms with Gasteiger partial charge in [-0.15, -0.1) is 0 Å². The number of benzene rings is 2. The summed E-state index contributed by atoms with van der Waals surface area (Å²) in [6.45, 7) is 5.27. The van der Waals surface area contributed by atoms with Crippen molar-refractivity contribution in [1.82, 2.24) is 5.32 Å². The van der Waals surface area contributed by atoms with Gasteiger partial charge in [-0.25, -0.2) is 4.39 Å². The standard InChI is InChI=1S/C24H30FNO3/c1-4-17(2)26-23(27)24(10-12-29-13-11-24)16-18-6-5-7-19(14-18)21-15-20(25)8-9-22(21)28-3/h5-9,14-15,17H,4,10-13,16H2,1-3H3,(H,26,27)/t17-/m1/s1. The Morgan fingerprint density at radius 3 is 2.69 bits per heavy atom. The summed E-state index contributed by atoms with van der Waals surface area (Å²) in [5.74, 6) is 0.419. The van der Waals surface area contributed by atoms with Crippen LogP contribution in [0.15, 0.2) is 42.5 Å². The fourth-order valence-electron chi connectivity index (χ4n) is 3.87. The molecule has 1 N–H and O–H groups in total. The second-order valence-corrected chi connectivity index (χ2v) is 7.90. The first-order chi connectivity index (χ1) is 14.0. The predicted molar refractivity (Wildman–Crippen MR) is 112 cm³/mol. The minimum Gasteiger partial charge on any atom is -0.496 e. The van der Waals surface area contributed by atoms with E-state index in [-0.39, 0.29) is 17.8 Å². The van der Waals surface area contributed by atoms with Crippen molar-refractivity contribution in [2.24, 2.45) is 5.41 Å². The second kappa shape index (κ2) is 9.40. The summed E-state index contributed by atoms with van der Waals surface area (Å²) >= 11 is 0. The number of amides is 1. The summed E-state index contributed by atoms with van der Waals surface area (Å²) in [5, 5.41) is 3.17. The summed E-state index contributed by atoms with van der Waals surface area (Å²) < 4.78 is 24.8. The summed E-state index contributed by atoms with van der Waals surface area (Å²) in [4.78, 5) is 13.2. The third-order valence-corrected chi connectivity index (χ3v) is 5.86. The van der Waals surface area contributed by atoms with E-state index in [4.69, 9.17) is 9.47 Å². The molecule has 4 nitrogen and oxygen atoms in total. The Kier molecular flexibility index (Phi) is 6.91. The Balaban J connectivity index is 1.91. The van der Waals surface area contributed by atoms with Crippen LogP contribution in [0.1, 0.15) is 38.7 Å². The molecule has 3 rings (SSSR count). The first kappa shape index (κ1) is 21.3.